The molecular weight excluding hydrogens is 444 g/mol. The van der Waals surface area contributed by atoms with Crippen LogP contribution in [0.4, 0.5) is 0 Å². The van der Waals surface area contributed by atoms with Gasteiger partial charge < -0.3 is 24.1 Å². The molecular formula is C25H33ClN2O5. The van der Waals surface area contributed by atoms with Crippen molar-refractivity contribution in [3.8, 4) is 11.5 Å². The van der Waals surface area contributed by atoms with Gasteiger partial charge in [0, 0.05) is 44.3 Å². The number of hydrogen-bond donors (Lipinski definition) is 1. The van der Waals surface area contributed by atoms with Crippen LogP contribution in [0.3, 0.4) is 0 Å². The molecule has 1 atom stereocenters. The first-order valence-corrected chi connectivity index (χ1v) is 11.9. The molecule has 0 amide bonds. The largest absolute Gasteiger partial charge is 0.492 e. The van der Waals surface area contributed by atoms with Crippen LogP contribution < -0.4 is 9.47 Å². The third-order valence-electron chi connectivity index (χ3n) is 5.85. The number of halogens is 1. The van der Waals surface area contributed by atoms with E-state index in [2.05, 4.69) is 21.9 Å². The van der Waals surface area contributed by atoms with Gasteiger partial charge in [-0.2, -0.15) is 0 Å². The first-order chi connectivity index (χ1) is 16.1. The van der Waals surface area contributed by atoms with Crippen LogP contribution in [-0.2, 0) is 16.0 Å². The standard InChI is InChI=1S/C25H33ClN2O5/c26-22-2-1-3-24(16-22)33-20-25(29)18-28(10-14-31-19-25)17-21-4-6-23(7-5-21)32-15-11-27-8-12-30-13-9-27/h1-7,16,29H,8-15,17-20H2/t25-/m1/s1. The van der Waals surface area contributed by atoms with Crippen molar-refractivity contribution in [1.82, 2.24) is 9.80 Å². The summed E-state index contributed by atoms with van der Waals surface area (Å²) < 4.78 is 22.8. The molecule has 0 aliphatic carbocycles. The van der Waals surface area contributed by atoms with Crippen molar-refractivity contribution in [1.29, 1.82) is 0 Å². The zero-order valence-corrected chi connectivity index (χ0v) is 19.7. The lowest BCUT2D eigenvalue weighted by Gasteiger charge is -2.30. The van der Waals surface area contributed by atoms with Gasteiger partial charge in [0.05, 0.1) is 26.4 Å². The maximum atomic E-state index is 11.1. The van der Waals surface area contributed by atoms with Crippen molar-refractivity contribution in [3.05, 3.63) is 59.1 Å². The quantitative estimate of drug-likeness (QED) is 0.597. The fraction of sp³-hybridized carbons (Fsp3) is 0.520. The summed E-state index contributed by atoms with van der Waals surface area (Å²) in [6, 6.07) is 15.4. The van der Waals surface area contributed by atoms with E-state index in [1.165, 1.54) is 0 Å². The van der Waals surface area contributed by atoms with Crippen molar-refractivity contribution in [2.24, 2.45) is 0 Å². The van der Waals surface area contributed by atoms with Crippen molar-refractivity contribution in [3.63, 3.8) is 0 Å². The van der Waals surface area contributed by atoms with Crippen molar-refractivity contribution in [2.45, 2.75) is 12.1 Å². The number of hydrogen-bond acceptors (Lipinski definition) is 7. The van der Waals surface area contributed by atoms with E-state index in [0.29, 0.717) is 30.5 Å². The number of ether oxygens (including phenoxy) is 4. The van der Waals surface area contributed by atoms with Crippen molar-refractivity contribution >= 4 is 11.6 Å². The molecule has 2 saturated heterocycles. The number of nitrogens with zero attached hydrogens (tertiary/aromatic N) is 2. The van der Waals surface area contributed by atoms with E-state index in [4.69, 9.17) is 30.5 Å². The summed E-state index contributed by atoms with van der Waals surface area (Å²) in [5, 5.41) is 11.7. The second-order valence-electron chi connectivity index (χ2n) is 8.68. The Labute approximate surface area is 200 Å². The second kappa shape index (κ2) is 12.0. The molecule has 1 N–H and O–H groups in total. The van der Waals surface area contributed by atoms with Gasteiger partial charge in [-0.25, -0.2) is 0 Å². The van der Waals surface area contributed by atoms with E-state index < -0.39 is 5.60 Å². The highest BCUT2D eigenvalue weighted by molar-refractivity contribution is 6.30. The molecule has 7 nitrogen and oxygen atoms in total. The lowest BCUT2D eigenvalue weighted by Crippen LogP contribution is -2.48. The van der Waals surface area contributed by atoms with Crippen LogP contribution >= 0.6 is 11.6 Å². The maximum Gasteiger partial charge on any atom is 0.134 e. The van der Waals surface area contributed by atoms with Crippen molar-refractivity contribution in [2.75, 3.05) is 72.4 Å². The zero-order chi connectivity index (χ0) is 22.9. The Morgan fingerprint density at radius 1 is 0.909 bits per heavy atom. The molecule has 0 spiro atoms. The van der Waals surface area contributed by atoms with E-state index in [1.54, 1.807) is 12.1 Å². The number of rotatable bonds is 9. The van der Waals surface area contributed by atoms with Gasteiger partial charge in [-0.3, -0.25) is 9.80 Å². The molecule has 0 unspecified atom stereocenters. The molecule has 2 fully saturated rings. The Kier molecular flexibility index (Phi) is 8.83. The van der Waals surface area contributed by atoms with Gasteiger partial charge in [0.25, 0.3) is 0 Å². The van der Waals surface area contributed by atoms with Crippen LogP contribution in [0.2, 0.25) is 5.02 Å². The van der Waals surface area contributed by atoms with E-state index in [1.807, 2.05) is 24.3 Å². The molecule has 2 aromatic rings. The Morgan fingerprint density at radius 3 is 2.45 bits per heavy atom. The fourth-order valence-corrected chi connectivity index (χ4v) is 4.24. The molecule has 33 heavy (non-hydrogen) atoms. The smallest absolute Gasteiger partial charge is 0.134 e. The predicted molar refractivity (Wildman–Crippen MR) is 127 cm³/mol. The second-order valence-corrected chi connectivity index (χ2v) is 9.12. The first kappa shape index (κ1) is 24.3. The molecule has 2 aromatic carbocycles. The molecule has 0 radical (unpaired) electrons. The Hall–Kier alpha value is -1.87. The lowest BCUT2D eigenvalue weighted by atomic mass is 10.1. The minimum atomic E-state index is -1.10. The summed E-state index contributed by atoms with van der Waals surface area (Å²) in [6.07, 6.45) is 0. The zero-order valence-electron chi connectivity index (χ0n) is 19.0. The van der Waals surface area contributed by atoms with Crippen LogP contribution in [0, 0.1) is 0 Å². The van der Waals surface area contributed by atoms with Gasteiger partial charge in [0.15, 0.2) is 0 Å². The third kappa shape index (κ3) is 7.84. The molecule has 8 heteroatoms. The molecule has 4 rings (SSSR count). The van der Waals surface area contributed by atoms with Gasteiger partial charge >= 0.3 is 0 Å². The van der Waals surface area contributed by atoms with E-state index >= 15 is 0 Å². The average molecular weight is 477 g/mol. The third-order valence-corrected chi connectivity index (χ3v) is 6.09. The van der Waals surface area contributed by atoms with Gasteiger partial charge in [0.1, 0.15) is 30.3 Å². The average Bonchev–Trinajstić information content (AvgIpc) is 3.01. The molecule has 0 aromatic heterocycles. The Balaban J connectivity index is 1.25. The fourth-order valence-electron chi connectivity index (χ4n) is 4.06. The predicted octanol–water partition coefficient (Wildman–Crippen LogP) is 2.69. The highest BCUT2D eigenvalue weighted by atomic mass is 35.5. The number of β-amino-alcohol motifs (C(OH)–C–C–N with tert-alkyl or cyclic N) is 1. The molecule has 180 valence electrons. The minimum absolute atomic E-state index is 0.139. The molecule has 2 heterocycles. The van der Waals surface area contributed by atoms with Gasteiger partial charge in [0.2, 0.25) is 0 Å². The van der Waals surface area contributed by atoms with E-state index in [9.17, 15) is 5.11 Å². The summed E-state index contributed by atoms with van der Waals surface area (Å²) >= 11 is 6.02. The molecule has 2 aliphatic heterocycles. The Morgan fingerprint density at radius 2 is 1.67 bits per heavy atom. The summed E-state index contributed by atoms with van der Waals surface area (Å²) in [7, 11) is 0. The van der Waals surface area contributed by atoms with E-state index in [0.717, 1.165) is 57.3 Å². The molecule has 0 bridgehead atoms. The first-order valence-electron chi connectivity index (χ1n) is 11.5. The monoisotopic (exact) mass is 476 g/mol. The molecule has 0 saturated carbocycles. The van der Waals surface area contributed by atoms with Crippen LogP contribution in [0.1, 0.15) is 5.56 Å². The highest BCUT2D eigenvalue weighted by Crippen LogP contribution is 2.21. The number of morpholine rings is 1. The topological polar surface area (TPSA) is 63.6 Å². The Bertz CT molecular complexity index is 862. The summed E-state index contributed by atoms with van der Waals surface area (Å²) in [6.45, 7) is 8.01. The normalized spacial score (nSPS) is 22.6. The summed E-state index contributed by atoms with van der Waals surface area (Å²) in [4.78, 5) is 4.55. The van der Waals surface area contributed by atoms with Crippen LogP contribution in [0.15, 0.2) is 48.5 Å². The number of aliphatic hydroxyl groups is 1. The molecule has 2 aliphatic rings. The summed E-state index contributed by atoms with van der Waals surface area (Å²) in [5.41, 5.74) is 0.0667. The van der Waals surface area contributed by atoms with Crippen LogP contribution in [0.5, 0.6) is 11.5 Å². The van der Waals surface area contributed by atoms with Crippen LogP contribution in [0.25, 0.3) is 0 Å². The van der Waals surface area contributed by atoms with Gasteiger partial charge in [-0.05, 0) is 35.9 Å². The van der Waals surface area contributed by atoms with Crippen molar-refractivity contribution < 1.29 is 24.1 Å². The van der Waals surface area contributed by atoms with Gasteiger partial charge in [-0.15, -0.1) is 0 Å². The lowest BCUT2D eigenvalue weighted by molar-refractivity contribution is -0.0646. The van der Waals surface area contributed by atoms with Gasteiger partial charge in [-0.1, -0.05) is 29.8 Å². The van der Waals surface area contributed by atoms with Crippen LogP contribution in [-0.4, -0.2) is 92.9 Å². The minimum Gasteiger partial charge on any atom is -0.492 e. The maximum absolute atomic E-state index is 11.1. The van der Waals surface area contributed by atoms with E-state index in [-0.39, 0.29) is 13.2 Å². The number of benzene rings is 2. The highest BCUT2D eigenvalue weighted by Gasteiger charge is 2.33. The summed E-state index contributed by atoms with van der Waals surface area (Å²) in [5.74, 6) is 1.51. The SMILES string of the molecule is O[C@@]1(COc2cccc(Cl)c2)COCCN(Cc2ccc(OCCN3CCOCC3)cc2)C1.